The van der Waals surface area contributed by atoms with Crippen LogP contribution >= 0.6 is 0 Å². The van der Waals surface area contributed by atoms with Crippen molar-refractivity contribution in [3.05, 3.63) is 48.0 Å². The number of nitrogens with zero attached hydrogens (tertiary/aromatic N) is 4. The summed E-state index contributed by atoms with van der Waals surface area (Å²) >= 11 is 0. The monoisotopic (exact) mass is 326 g/mol. The number of aryl methyl sites for hydroxylation is 1. The van der Waals surface area contributed by atoms with Gasteiger partial charge in [0.05, 0.1) is 18.9 Å². The van der Waals surface area contributed by atoms with E-state index in [9.17, 15) is 0 Å². The van der Waals surface area contributed by atoms with Crippen LogP contribution in [0.1, 0.15) is 30.4 Å². The fourth-order valence-electron chi connectivity index (χ4n) is 4.35. The maximum Gasteiger partial charge on any atom is 0.0735 e. The minimum Gasteiger partial charge on any atom is -0.373 e. The fraction of sp³-hybridized carbons (Fsp3) is 0.579. The molecule has 5 nitrogen and oxygen atoms in total. The summed E-state index contributed by atoms with van der Waals surface area (Å²) in [5.74, 6) is 1.46. The van der Waals surface area contributed by atoms with Crippen molar-refractivity contribution in [2.45, 2.75) is 38.5 Å². The molecular formula is C19H26N4O. The van der Waals surface area contributed by atoms with E-state index in [2.05, 4.69) is 27.2 Å². The van der Waals surface area contributed by atoms with Crippen LogP contribution in [0.15, 0.2) is 36.9 Å². The highest BCUT2D eigenvalue weighted by Gasteiger charge is 2.40. The number of hydrogen-bond donors (Lipinski definition) is 0. The highest BCUT2D eigenvalue weighted by atomic mass is 16.5. The van der Waals surface area contributed by atoms with Gasteiger partial charge in [0.15, 0.2) is 0 Å². The molecule has 0 spiro atoms. The number of fused-ring (bicyclic) bond motifs is 1. The molecule has 2 aromatic rings. The molecule has 1 aliphatic carbocycles. The molecule has 3 heterocycles. The summed E-state index contributed by atoms with van der Waals surface area (Å²) in [6.45, 7) is 4.05. The summed E-state index contributed by atoms with van der Waals surface area (Å²) in [6, 6.07) is 4.07. The lowest BCUT2D eigenvalue weighted by atomic mass is 9.79. The number of rotatable bonds is 5. The highest BCUT2D eigenvalue weighted by molar-refractivity contribution is 5.07. The Balaban J connectivity index is 1.35. The van der Waals surface area contributed by atoms with Crippen molar-refractivity contribution in [3.8, 4) is 0 Å². The van der Waals surface area contributed by atoms with Crippen LogP contribution in [0, 0.1) is 11.8 Å². The molecule has 0 aromatic carbocycles. The quantitative estimate of drug-likeness (QED) is 0.847. The first-order valence-corrected chi connectivity index (χ1v) is 8.98. The Kier molecular flexibility index (Phi) is 4.63. The fourth-order valence-corrected chi connectivity index (χ4v) is 4.35. The van der Waals surface area contributed by atoms with Gasteiger partial charge in [0.1, 0.15) is 0 Å². The molecule has 2 aliphatic rings. The zero-order valence-electron chi connectivity index (χ0n) is 14.3. The van der Waals surface area contributed by atoms with Crippen molar-refractivity contribution in [2.75, 3.05) is 13.1 Å². The molecule has 4 rings (SSSR count). The molecule has 0 amide bonds. The SMILES string of the molecule is Cn1cc(CN2C[C@@H]3CCC[C@@H](OCc4cccnc4)[C@@H]3C2)cn1. The first-order chi connectivity index (χ1) is 11.8. The summed E-state index contributed by atoms with van der Waals surface area (Å²) < 4.78 is 8.19. The van der Waals surface area contributed by atoms with E-state index in [-0.39, 0.29) is 0 Å². The van der Waals surface area contributed by atoms with Gasteiger partial charge in [-0.2, -0.15) is 5.10 Å². The molecule has 0 unspecified atom stereocenters. The van der Waals surface area contributed by atoms with Gasteiger partial charge in [-0.15, -0.1) is 0 Å². The molecule has 1 saturated heterocycles. The van der Waals surface area contributed by atoms with Gasteiger partial charge in [0.2, 0.25) is 0 Å². The summed E-state index contributed by atoms with van der Waals surface area (Å²) in [4.78, 5) is 6.76. The minimum atomic E-state index is 0.392. The summed E-state index contributed by atoms with van der Waals surface area (Å²) in [6.07, 6.45) is 12.1. The van der Waals surface area contributed by atoms with Crippen LogP contribution in [-0.2, 0) is 24.9 Å². The Morgan fingerprint density at radius 2 is 2.17 bits per heavy atom. The van der Waals surface area contributed by atoms with E-state index in [0.29, 0.717) is 18.6 Å². The average molecular weight is 326 g/mol. The van der Waals surface area contributed by atoms with Crippen LogP contribution < -0.4 is 0 Å². The third kappa shape index (κ3) is 3.52. The average Bonchev–Trinajstić information content (AvgIpc) is 3.20. The lowest BCUT2D eigenvalue weighted by molar-refractivity contribution is -0.0296. The van der Waals surface area contributed by atoms with E-state index in [1.54, 1.807) is 0 Å². The first-order valence-electron chi connectivity index (χ1n) is 8.98. The predicted molar refractivity (Wildman–Crippen MR) is 92.1 cm³/mol. The summed E-state index contributed by atoms with van der Waals surface area (Å²) in [7, 11) is 1.98. The van der Waals surface area contributed by atoms with E-state index < -0.39 is 0 Å². The maximum atomic E-state index is 6.30. The largest absolute Gasteiger partial charge is 0.373 e. The lowest BCUT2D eigenvalue weighted by Gasteiger charge is -2.33. The van der Waals surface area contributed by atoms with Crippen LogP contribution in [0.3, 0.4) is 0 Å². The molecule has 128 valence electrons. The Morgan fingerprint density at radius 1 is 1.21 bits per heavy atom. The van der Waals surface area contributed by atoms with Crippen molar-refractivity contribution < 1.29 is 4.74 Å². The Labute approximate surface area is 143 Å². The number of aromatic nitrogens is 3. The van der Waals surface area contributed by atoms with Gasteiger partial charge in [0.25, 0.3) is 0 Å². The van der Waals surface area contributed by atoms with Gasteiger partial charge in [-0.1, -0.05) is 12.5 Å². The van der Waals surface area contributed by atoms with Crippen LogP contribution in [0.4, 0.5) is 0 Å². The second kappa shape index (κ2) is 7.03. The van der Waals surface area contributed by atoms with Crippen molar-refractivity contribution in [3.63, 3.8) is 0 Å². The molecule has 0 N–H and O–H groups in total. The Bertz CT molecular complexity index is 656. The van der Waals surface area contributed by atoms with E-state index in [4.69, 9.17) is 4.74 Å². The predicted octanol–water partition coefficient (Wildman–Crippen LogP) is 2.63. The molecule has 1 saturated carbocycles. The van der Waals surface area contributed by atoms with Crippen molar-refractivity contribution in [1.29, 1.82) is 0 Å². The molecular weight excluding hydrogens is 300 g/mol. The standard InChI is InChI=1S/C19H26N4O/c1-22-10-16(9-21-22)11-23-12-17-5-2-6-19(18(17)13-23)24-14-15-4-3-7-20-8-15/h3-4,7-10,17-19H,2,5-6,11-14H2,1H3/t17-,18+,19+/m0/s1. The number of pyridine rings is 1. The lowest BCUT2D eigenvalue weighted by Crippen LogP contribution is -2.33. The third-order valence-electron chi connectivity index (χ3n) is 5.46. The minimum absolute atomic E-state index is 0.392. The van der Waals surface area contributed by atoms with Crippen LogP contribution in [-0.4, -0.2) is 38.9 Å². The van der Waals surface area contributed by atoms with Crippen molar-refractivity contribution in [1.82, 2.24) is 19.7 Å². The normalized spacial score (nSPS) is 27.3. The number of hydrogen-bond acceptors (Lipinski definition) is 4. The van der Waals surface area contributed by atoms with Crippen molar-refractivity contribution in [2.24, 2.45) is 18.9 Å². The maximum absolute atomic E-state index is 6.30. The molecule has 3 atom stereocenters. The van der Waals surface area contributed by atoms with Crippen molar-refractivity contribution >= 4 is 0 Å². The zero-order valence-corrected chi connectivity index (χ0v) is 14.3. The smallest absolute Gasteiger partial charge is 0.0735 e. The van der Waals surface area contributed by atoms with E-state index >= 15 is 0 Å². The van der Waals surface area contributed by atoms with E-state index in [1.807, 2.05) is 36.4 Å². The Hall–Kier alpha value is -1.72. The number of likely N-dealkylation sites (tertiary alicyclic amines) is 1. The molecule has 24 heavy (non-hydrogen) atoms. The molecule has 1 aliphatic heterocycles. The van der Waals surface area contributed by atoms with E-state index in [0.717, 1.165) is 19.0 Å². The molecule has 2 aromatic heterocycles. The Morgan fingerprint density at radius 3 is 2.96 bits per heavy atom. The van der Waals surface area contributed by atoms with Crippen LogP contribution in [0.2, 0.25) is 0 Å². The molecule has 0 radical (unpaired) electrons. The number of ether oxygens (including phenoxy) is 1. The summed E-state index contributed by atoms with van der Waals surface area (Å²) in [5, 5.41) is 4.29. The molecule has 2 fully saturated rings. The van der Waals surface area contributed by atoms with Crippen LogP contribution in [0.25, 0.3) is 0 Å². The second-order valence-electron chi connectivity index (χ2n) is 7.28. The van der Waals surface area contributed by atoms with Gasteiger partial charge < -0.3 is 4.74 Å². The summed E-state index contributed by atoms with van der Waals surface area (Å²) in [5.41, 5.74) is 2.48. The topological polar surface area (TPSA) is 43.2 Å². The zero-order chi connectivity index (χ0) is 16.4. The van der Waals surface area contributed by atoms with E-state index in [1.165, 1.54) is 36.9 Å². The van der Waals surface area contributed by atoms with Gasteiger partial charge in [-0.25, -0.2) is 0 Å². The van der Waals surface area contributed by atoms with Crippen LogP contribution in [0.5, 0.6) is 0 Å². The second-order valence-corrected chi connectivity index (χ2v) is 7.28. The van der Waals surface area contributed by atoms with Gasteiger partial charge >= 0.3 is 0 Å². The third-order valence-corrected chi connectivity index (χ3v) is 5.46. The molecule has 0 bridgehead atoms. The highest BCUT2D eigenvalue weighted by Crippen LogP contribution is 2.38. The van der Waals surface area contributed by atoms with Gasteiger partial charge in [-0.05, 0) is 30.4 Å². The van der Waals surface area contributed by atoms with Gasteiger partial charge in [0, 0.05) is 56.8 Å². The first kappa shape index (κ1) is 15.8. The molecule has 5 heteroatoms. The van der Waals surface area contributed by atoms with Gasteiger partial charge in [-0.3, -0.25) is 14.6 Å².